The van der Waals surface area contributed by atoms with Gasteiger partial charge < -0.3 is 20.4 Å². The molecule has 0 radical (unpaired) electrons. The summed E-state index contributed by atoms with van der Waals surface area (Å²) in [5, 5.41) is 37.2. The molecule has 5 nitrogen and oxygen atoms in total. The van der Waals surface area contributed by atoms with Gasteiger partial charge in [-0.05, 0) is 0 Å². The Hall–Kier alpha value is -0.200. The van der Waals surface area contributed by atoms with E-state index in [-0.39, 0.29) is 0 Å². The lowest BCUT2D eigenvalue weighted by Crippen LogP contribution is -2.41. The van der Waals surface area contributed by atoms with Crippen LogP contribution < -0.4 is 0 Å². The van der Waals surface area contributed by atoms with Crippen LogP contribution in [0.25, 0.3) is 0 Å². The summed E-state index contributed by atoms with van der Waals surface area (Å²) in [5.74, 6) is 0. The van der Waals surface area contributed by atoms with Gasteiger partial charge in [-0.25, -0.2) is 0 Å². The van der Waals surface area contributed by atoms with Gasteiger partial charge in [0, 0.05) is 13.1 Å². The fraction of sp³-hybridized carbons (Fsp3) is 1.00. The van der Waals surface area contributed by atoms with Crippen molar-refractivity contribution in [1.82, 2.24) is 4.90 Å². The van der Waals surface area contributed by atoms with Gasteiger partial charge in [-0.1, -0.05) is 0 Å². The maximum atomic E-state index is 9.39. The zero-order chi connectivity index (χ0) is 8.88. The molecule has 2 saturated heterocycles. The predicted molar refractivity (Wildman–Crippen MR) is 39.4 cm³/mol. The standard InChI is InChI=1S/C7H13NO4/c9-3-1-8-2-4(10)7(12)5(8)6(3)11/h3-7,9-12H,1-2H2. The highest BCUT2D eigenvalue weighted by molar-refractivity contribution is 5.05. The third-order valence-electron chi connectivity index (χ3n) is 2.75. The fourth-order valence-corrected chi connectivity index (χ4v) is 2.10. The van der Waals surface area contributed by atoms with Crippen LogP contribution in [0.5, 0.6) is 0 Å². The summed E-state index contributed by atoms with van der Waals surface area (Å²) in [5.41, 5.74) is 0. The van der Waals surface area contributed by atoms with Crippen molar-refractivity contribution in [3.8, 4) is 0 Å². The molecule has 5 heteroatoms. The van der Waals surface area contributed by atoms with Crippen molar-refractivity contribution in [1.29, 1.82) is 0 Å². The van der Waals surface area contributed by atoms with Crippen LogP contribution in [0.15, 0.2) is 0 Å². The summed E-state index contributed by atoms with van der Waals surface area (Å²) in [6.45, 7) is 0.667. The molecule has 12 heavy (non-hydrogen) atoms. The van der Waals surface area contributed by atoms with Gasteiger partial charge in [0.05, 0.1) is 30.5 Å². The molecular formula is C7H13NO4. The Morgan fingerprint density at radius 3 is 1.58 bits per heavy atom. The van der Waals surface area contributed by atoms with Gasteiger partial charge in [0.15, 0.2) is 0 Å². The number of rotatable bonds is 0. The summed E-state index contributed by atoms with van der Waals surface area (Å²) in [6.07, 6.45) is -3.46. The molecule has 4 atom stereocenters. The maximum Gasteiger partial charge on any atom is 0.0992 e. The summed E-state index contributed by atoms with van der Waals surface area (Å²) in [6, 6.07) is -0.491. The first kappa shape index (κ1) is 8.40. The SMILES string of the molecule is OC1CN2CC(O)C(O)C2C1O. The lowest BCUT2D eigenvalue weighted by molar-refractivity contribution is -0.0206. The molecule has 0 amide bonds. The molecule has 4 N–H and O–H groups in total. The third kappa shape index (κ3) is 0.982. The first-order valence-corrected chi connectivity index (χ1v) is 4.07. The number of fused-ring (bicyclic) bond motifs is 1. The Morgan fingerprint density at radius 2 is 1.25 bits per heavy atom. The zero-order valence-electron chi connectivity index (χ0n) is 6.54. The third-order valence-corrected chi connectivity index (χ3v) is 2.75. The van der Waals surface area contributed by atoms with Gasteiger partial charge in [0.25, 0.3) is 0 Å². The molecule has 0 saturated carbocycles. The molecule has 0 aromatic rings. The van der Waals surface area contributed by atoms with E-state index in [4.69, 9.17) is 0 Å². The number of nitrogens with zero attached hydrogens (tertiary/aromatic N) is 1. The molecule has 2 rings (SSSR count). The Bertz CT molecular complexity index is 170. The molecule has 0 spiro atoms. The average Bonchev–Trinajstić information content (AvgIpc) is 2.40. The molecule has 0 aliphatic carbocycles. The molecule has 0 aromatic heterocycles. The predicted octanol–water partition coefficient (Wildman–Crippen LogP) is -2.87. The van der Waals surface area contributed by atoms with Crippen LogP contribution in [-0.4, -0.2) is 68.9 Å². The van der Waals surface area contributed by atoms with Crippen LogP contribution >= 0.6 is 0 Å². The molecule has 70 valence electrons. The Labute approximate surface area is 69.9 Å². The molecule has 2 fully saturated rings. The number of aliphatic hydroxyl groups excluding tert-OH is 4. The Balaban J connectivity index is 2.15. The van der Waals surface area contributed by atoms with Gasteiger partial charge in [-0.3, -0.25) is 4.90 Å². The van der Waals surface area contributed by atoms with E-state index in [2.05, 4.69) is 0 Å². The van der Waals surface area contributed by atoms with Crippen LogP contribution in [0.1, 0.15) is 0 Å². The first-order chi connectivity index (χ1) is 5.61. The highest BCUT2D eigenvalue weighted by atomic mass is 16.4. The zero-order valence-corrected chi connectivity index (χ0v) is 6.54. The minimum atomic E-state index is -0.933. The second-order valence-electron chi connectivity index (χ2n) is 3.56. The molecule has 0 bridgehead atoms. The second kappa shape index (κ2) is 2.65. The van der Waals surface area contributed by atoms with E-state index < -0.39 is 30.5 Å². The number of aliphatic hydroxyl groups is 4. The minimum Gasteiger partial charge on any atom is -0.389 e. The highest BCUT2D eigenvalue weighted by Crippen LogP contribution is 2.28. The van der Waals surface area contributed by atoms with Crippen LogP contribution in [0.3, 0.4) is 0 Å². The summed E-state index contributed by atoms with van der Waals surface area (Å²) >= 11 is 0. The number of hydrogen-bond donors (Lipinski definition) is 4. The second-order valence-corrected chi connectivity index (χ2v) is 3.56. The molecule has 2 heterocycles. The monoisotopic (exact) mass is 175 g/mol. The van der Waals surface area contributed by atoms with Crippen molar-refractivity contribution < 1.29 is 20.4 Å². The molecular weight excluding hydrogens is 162 g/mol. The normalized spacial score (nSPS) is 54.5. The fourth-order valence-electron chi connectivity index (χ4n) is 2.10. The Morgan fingerprint density at radius 1 is 0.833 bits per heavy atom. The van der Waals surface area contributed by atoms with Crippen molar-refractivity contribution >= 4 is 0 Å². The largest absolute Gasteiger partial charge is 0.389 e. The topological polar surface area (TPSA) is 84.2 Å². The van der Waals surface area contributed by atoms with Crippen molar-refractivity contribution in [2.75, 3.05) is 13.1 Å². The van der Waals surface area contributed by atoms with E-state index in [1.54, 1.807) is 4.90 Å². The average molecular weight is 175 g/mol. The van der Waals surface area contributed by atoms with E-state index in [0.717, 1.165) is 0 Å². The lowest BCUT2D eigenvalue weighted by Gasteiger charge is -2.19. The van der Waals surface area contributed by atoms with Crippen LogP contribution in [0.4, 0.5) is 0 Å². The molecule has 2 aliphatic rings. The van der Waals surface area contributed by atoms with Gasteiger partial charge in [-0.2, -0.15) is 0 Å². The molecule has 0 aromatic carbocycles. The number of hydrogen-bond acceptors (Lipinski definition) is 5. The van der Waals surface area contributed by atoms with Crippen molar-refractivity contribution in [3.63, 3.8) is 0 Å². The van der Waals surface area contributed by atoms with Gasteiger partial charge in [0.2, 0.25) is 0 Å². The first-order valence-electron chi connectivity index (χ1n) is 4.07. The summed E-state index contributed by atoms with van der Waals surface area (Å²) < 4.78 is 0. The van der Waals surface area contributed by atoms with Crippen LogP contribution in [0.2, 0.25) is 0 Å². The minimum absolute atomic E-state index is 0.333. The van der Waals surface area contributed by atoms with Crippen molar-refractivity contribution in [2.24, 2.45) is 0 Å². The lowest BCUT2D eigenvalue weighted by atomic mass is 10.0. The van der Waals surface area contributed by atoms with E-state index in [1.165, 1.54) is 0 Å². The summed E-state index contributed by atoms with van der Waals surface area (Å²) in [7, 11) is 0. The summed E-state index contributed by atoms with van der Waals surface area (Å²) in [4.78, 5) is 1.71. The van der Waals surface area contributed by atoms with Crippen LogP contribution in [-0.2, 0) is 0 Å². The molecule has 2 aliphatic heterocycles. The van der Waals surface area contributed by atoms with E-state index in [1.807, 2.05) is 0 Å². The highest BCUT2D eigenvalue weighted by Gasteiger charge is 2.51. The smallest absolute Gasteiger partial charge is 0.0992 e. The van der Waals surface area contributed by atoms with Crippen molar-refractivity contribution in [3.05, 3.63) is 0 Å². The molecule has 4 unspecified atom stereocenters. The van der Waals surface area contributed by atoms with Gasteiger partial charge in [-0.15, -0.1) is 0 Å². The van der Waals surface area contributed by atoms with E-state index in [9.17, 15) is 20.4 Å². The van der Waals surface area contributed by atoms with E-state index >= 15 is 0 Å². The Kier molecular flexibility index (Phi) is 1.85. The van der Waals surface area contributed by atoms with Crippen LogP contribution in [0, 0.1) is 0 Å². The quantitative estimate of drug-likeness (QED) is 0.318. The van der Waals surface area contributed by atoms with E-state index in [0.29, 0.717) is 13.1 Å². The van der Waals surface area contributed by atoms with Gasteiger partial charge in [0.1, 0.15) is 0 Å². The van der Waals surface area contributed by atoms with Gasteiger partial charge >= 0.3 is 0 Å². The van der Waals surface area contributed by atoms with Crippen molar-refractivity contribution in [2.45, 2.75) is 30.5 Å². The maximum absolute atomic E-state index is 9.39.